The highest BCUT2D eigenvalue weighted by atomic mass is 14.9. The molecule has 0 unspecified atom stereocenters. The van der Waals surface area contributed by atoms with Crippen LogP contribution < -0.4 is 0 Å². The van der Waals surface area contributed by atoms with Crippen molar-refractivity contribution in [3.63, 3.8) is 0 Å². The summed E-state index contributed by atoms with van der Waals surface area (Å²) in [4.78, 5) is 7.37. The van der Waals surface area contributed by atoms with Crippen molar-refractivity contribution in [3.05, 3.63) is 53.9 Å². The van der Waals surface area contributed by atoms with E-state index in [0.29, 0.717) is 0 Å². The molecule has 1 aliphatic carbocycles. The number of imidazole rings is 1. The first-order chi connectivity index (χ1) is 7.43. The summed E-state index contributed by atoms with van der Waals surface area (Å²) in [6.07, 6.45) is 14.1. The number of nitrogens with one attached hydrogen (secondary N) is 1. The van der Waals surface area contributed by atoms with E-state index in [4.69, 9.17) is 0 Å². The lowest BCUT2D eigenvalue weighted by Crippen LogP contribution is -1.83. The third-order valence-electron chi connectivity index (χ3n) is 2.51. The standard InChI is InChI=1S/C13H10N2/c1-2-4-6-11-8-13-12(14-9-15-13)7-10(11)5-3-1/h1-9H,(H,14,15)/b2-1-,3-1?,4-2?,5-3-,6-4-,10-5?,11-6?. The van der Waals surface area contributed by atoms with E-state index in [2.05, 4.69) is 34.3 Å². The minimum Gasteiger partial charge on any atom is -0.345 e. The van der Waals surface area contributed by atoms with Crippen molar-refractivity contribution in [2.24, 2.45) is 0 Å². The smallest absolute Gasteiger partial charge is 0.0931 e. The number of allylic oxidation sites excluding steroid dienone is 4. The van der Waals surface area contributed by atoms with Crippen molar-refractivity contribution in [2.45, 2.75) is 0 Å². The van der Waals surface area contributed by atoms with E-state index < -0.39 is 0 Å². The number of rotatable bonds is 0. The Morgan fingerprint density at radius 2 is 1.60 bits per heavy atom. The van der Waals surface area contributed by atoms with Crippen LogP contribution >= 0.6 is 0 Å². The van der Waals surface area contributed by atoms with Crippen molar-refractivity contribution in [1.82, 2.24) is 9.97 Å². The average molecular weight is 194 g/mol. The first-order valence-electron chi connectivity index (χ1n) is 4.92. The number of hydrogen-bond donors (Lipinski definition) is 1. The van der Waals surface area contributed by atoms with Gasteiger partial charge < -0.3 is 4.98 Å². The number of hydrogen-bond acceptors (Lipinski definition) is 1. The van der Waals surface area contributed by atoms with Gasteiger partial charge in [0, 0.05) is 0 Å². The van der Waals surface area contributed by atoms with Gasteiger partial charge in [-0.15, -0.1) is 0 Å². The van der Waals surface area contributed by atoms with Crippen LogP contribution in [0.4, 0.5) is 0 Å². The Morgan fingerprint density at radius 1 is 0.867 bits per heavy atom. The molecule has 2 aromatic rings. The highest BCUT2D eigenvalue weighted by Crippen LogP contribution is 2.20. The maximum atomic E-state index is 4.25. The van der Waals surface area contributed by atoms with Crippen molar-refractivity contribution < 1.29 is 0 Å². The summed E-state index contributed by atoms with van der Waals surface area (Å²) >= 11 is 0. The molecule has 0 spiro atoms. The molecule has 0 saturated carbocycles. The lowest BCUT2D eigenvalue weighted by molar-refractivity contribution is 1.34. The first kappa shape index (κ1) is 8.24. The molecule has 0 fully saturated rings. The van der Waals surface area contributed by atoms with Crippen molar-refractivity contribution in [3.8, 4) is 0 Å². The summed E-state index contributed by atoms with van der Waals surface area (Å²) in [7, 11) is 0. The molecular weight excluding hydrogens is 184 g/mol. The van der Waals surface area contributed by atoms with E-state index >= 15 is 0 Å². The van der Waals surface area contributed by atoms with Gasteiger partial charge in [-0.2, -0.15) is 0 Å². The second-order valence-corrected chi connectivity index (χ2v) is 3.50. The molecule has 0 saturated heterocycles. The van der Waals surface area contributed by atoms with Gasteiger partial charge in [-0.3, -0.25) is 0 Å². The van der Waals surface area contributed by atoms with Crippen molar-refractivity contribution >= 4 is 23.2 Å². The van der Waals surface area contributed by atoms with Gasteiger partial charge in [0.25, 0.3) is 0 Å². The van der Waals surface area contributed by atoms with Crippen LogP contribution in [0, 0.1) is 0 Å². The van der Waals surface area contributed by atoms with E-state index in [1.54, 1.807) is 6.33 Å². The Bertz CT molecular complexity index is 536. The van der Waals surface area contributed by atoms with Crippen LogP contribution in [0.15, 0.2) is 42.8 Å². The molecule has 1 aromatic carbocycles. The fraction of sp³-hybridized carbons (Fsp3) is 0. The molecule has 0 radical (unpaired) electrons. The van der Waals surface area contributed by atoms with Gasteiger partial charge in [0.15, 0.2) is 0 Å². The zero-order valence-corrected chi connectivity index (χ0v) is 8.14. The summed E-state index contributed by atoms with van der Waals surface area (Å²) in [6.45, 7) is 0. The maximum Gasteiger partial charge on any atom is 0.0931 e. The molecule has 1 aliphatic rings. The zero-order chi connectivity index (χ0) is 10.1. The fourth-order valence-corrected chi connectivity index (χ4v) is 1.75. The molecule has 1 aromatic heterocycles. The predicted octanol–water partition coefficient (Wildman–Crippen LogP) is 3.16. The van der Waals surface area contributed by atoms with Gasteiger partial charge in [-0.25, -0.2) is 4.98 Å². The van der Waals surface area contributed by atoms with E-state index in [1.807, 2.05) is 24.3 Å². The van der Waals surface area contributed by atoms with Gasteiger partial charge in [0.2, 0.25) is 0 Å². The molecule has 1 N–H and O–H groups in total. The van der Waals surface area contributed by atoms with E-state index in [9.17, 15) is 0 Å². The SMILES string of the molecule is C1=C\C=C/c2cc3[nH]cnc3cc2\C=C/1. The van der Waals surface area contributed by atoms with Crippen LogP contribution in [0.5, 0.6) is 0 Å². The largest absolute Gasteiger partial charge is 0.345 e. The Labute approximate surface area is 87.7 Å². The van der Waals surface area contributed by atoms with Crippen molar-refractivity contribution in [1.29, 1.82) is 0 Å². The number of nitrogens with zero attached hydrogens (tertiary/aromatic N) is 1. The van der Waals surface area contributed by atoms with Crippen LogP contribution in [-0.2, 0) is 0 Å². The van der Waals surface area contributed by atoms with E-state index in [-0.39, 0.29) is 0 Å². The Balaban J connectivity index is 2.31. The molecule has 2 heteroatoms. The van der Waals surface area contributed by atoms with Gasteiger partial charge in [0.1, 0.15) is 0 Å². The van der Waals surface area contributed by atoms with Crippen LogP contribution in [0.1, 0.15) is 11.1 Å². The van der Waals surface area contributed by atoms with Gasteiger partial charge in [0.05, 0.1) is 17.4 Å². The molecule has 15 heavy (non-hydrogen) atoms. The molecule has 0 atom stereocenters. The summed E-state index contributed by atoms with van der Waals surface area (Å²) in [5.74, 6) is 0. The van der Waals surface area contributed by atoms with Gasteiger partial charge >= 0.3 is 0 Å². The normalized spacial score (nSPS) is 20.3. The number of aromatic nitrogens is 2. The molecule has 0 amide bonds. The van der Waals surface area contributed by atoms with Crippen molar-refractivity contribution in [2.75, 3.05) is 0 Å². The van der Waals surface area contributed by atoms with Gasteiger partial charge in [-0.05, 0) is 23.3 Å². The highest BCUT2D eigenvalue weighted by Gasteiger charge is 2.02. The Hall–Kier alpha value is -2.09. The van der Waals surface area contributed by atoms with E-state index in [1.165, 1.54) is 11.1 Å². The summed E-state index contributed by atoms with van der Waals surface area (Å²) < 4.78 is 0. The third kappa shape index (κ3) is 1.40. The van der Waals surface area contributed by atoms with Crippen LogP contribution in [0.3, 0.4) is 0 Å². The van der Waals surface area contributed by atoms with Crippen LogP contribution in [-0.4, -0.2) is 9.97 Å². The fourth-order valence-electron chi connectivity index (χ4n) is 1.75. The minimum absolute atomic E-state index is 1.01. The van der Waals surface area contributed by atoms with Gasteiger partial charge in [-0.1, -0.05) is 36.5 Å². The molecular formula is C13H10N2. The monoisotopic (exact) mass is 194 g/mol. The molecule has 2 nitrogen and oxygen atoms in total. The van der Waals surface area contributed by atoms with E-state index in [0.717, 1.165) is 11.0 Å². The highest BCUT2D eigenvalue weighted by molar-refractivity contribution is 5.83. The predicted molar refractivity (Wildman–Crippen MR) is 63.3 cm³/mol. The lowest BCUT2D eigenvalue weighted by Gasteiger charge is -2.02. The average Bonchev–Trinajstić information content (AvgIpc) is 2.64. The Morgan fingerprint density at radius 3 is 2.40 bits per heavy atom. The number of fused-ring (bicyclic) bond motifs is 2. The lowest BCUT2D eigenvalue weighted by atomic mass is 10.0. The van der Waals surface area contributed by atoms with Crippen LogP contribution in [0.25, 0.3) is 23.2 Å². The molecule has 1 heterocycles. The third-order valence-corrected chi connectivity index (χ3v) is 2.51. The zero-order valence-electron chi connectivity index (χ0n) is 8.14. The second-order valence-electron chi connectivity index (χ2n) is 3.50. The Kier molecular flexibility index (Phi) is 1.78. The molecule has 0 aliphatic heterocycles. The minimum atomic E-state index is 1.01. The number of H-pyrrole nitrogens is 1. The second kappa shape index (κ2) is 3.24. The topological polar surface area (TPSA) is 28.7 Å². The summed E-state index contributed by atoms with van der Waals surface area (Å²) in [5.41, 5.74) is 4.51. The quantitative estimate of drug-likeness (QED) is 0.685. The summed E-state index contributed by atoms with van der Waals surface area (Å²) in [6, 6.07) is 4.22. The molecule has 0 bridgehead atoms. The van der Waals surface area contributed by atoms with Crippen LogP contribution in [0.2, 0.25) is 0 Å². The summed E-state index contributed by atoms with van der Waals surface area (Å²) in [5, 5.41) is 0. The number of benzene rings is 1. The first-order valence-corrected chi connectivity index (χ1v) is 4.92. The molecule has 3 rings (SSSR count). The molecule has 72 valence electrons. The maximum absolute atomic E-state index is 4.25. The number of aromatic amines is 1.